The van der Waals surface area contributed by atoms with Crippen LogP contribution in [0.3, 0.4) is 0 Å². The monoisotopic (exact) mass is 365 g/mol. The van der Waals surface area contributed by atoms with Crippen LogP contribution >= 0.6 is 11.3 Å². The predicted octanol–water partition coefficient (Wildman–Crippen LogP) is 2.53. The number of aromatic nitrogens is 5. The van der Waals surface area contributed by atoms with E-state index in [1.165, 1.54) is 22.2 Å². The highest BCUT2D eigenvalue weighted by molar-refractivity contribution is 7.13. The van der Waals surface area contributed by atoms with Gasteiger partial charge in [0.2, 0.25) is 0 Å². The van der Waals surface area contributed by atoms with Gasteiger partial charge in [-0.1, -0.05) is 0 Å². The van der Waals surface area contributed by atoms with Crippen molar-refractivity contribution in [3.05, 3.63) is 59.0 Å². The molecule has 130 valence electrons. The highest BCUT2D eigenvalue weighted by atomic mass is 32.1. The van der Waals surface area contributed by atoms with E-state index in [0.717, 1.165) is 10.4 Å². The van der Waals surface area contributed by atoms with Crippen LogP contribution in [0.4, 0.5) is 0 Å². The van der Waals surface area contributed by atoms with Crippen LogP contribution in [0.25, 0.3) is 32.7 Å². The van der Waals surface area contributed by atoms with Crippen LogP contribution in [0.5, 0.6) is 0 Å². The average Bonchev–Trinajstić information content (AvgIpc) is 3.22. The molecule has 4 rings (SSSR count). The first-order chi connectivity index (χ1) is 12.7. The molecule has 0 aliphatic heterocycles. The second-order valence-corrected chi connectivity index (χ2v) is 6.73. The zero-order valence-electron chi connectivity index (χ0n) is 13.9. The van der Waals surface area contributed by atoms with Gasteiger partial charge < -0.3 is 5.11 Å². The van der Waals surface area contributed by atoms with Crippen molar-refractivity contribution in [2.45, 2.75) is 13.0 Å². The summed E-state index contributed by atoms with van der Waals surface area (Å²) in [4.78, 5) is 31.3. The number of fused-ring (bicyclic) bond motifs is 1. The van der Waals surface area contributed by atoms with Crippen molar-refractivity contribution < 1.29 is 5.11 Å². The largest absolute Gasteiger partial charge is 0.394 e. The summed E-state index contributed by atoms with van der Waals surface area (Å²) in [6.45, 7) is 1.62. The van der Waals surface area contributed by atoms with E-state index in [0.29, 0.717) is 22.3 Å². The lowest BCUT2D eigenvalue weighted by Crippen LogP contribution is -2.25. The fourth-order valence-electron chi connectivity index (χ4n) is 2.72. The van der Waals surface area contributed by atoms with E-state index in [4.69, 9.17) is 4.98 Å². The second-order valence-electron chi connectivity index (χ2n) is 5.85. The van der Waals surface area contributed by atoms with Gasteiger partial charge in [0.15, 0.2) is 0 Å². The van der Waals surface area contributed by atoms with Gasteiger partial charge in [0.05, 0.1) is 46.1 Å². The minimum Gasteiger partial charge on any atom is -0.394 e. The van der Waals surface area contributed by atoms with Gasteiger partial charge in [-0.15, -0.1) is 11.3 Å². The van der Waals surface area contributed by atoms with Gasteiger partial charge in [0.1, 0.15) is 5.52 Å². The molecule has 1 N–H and O–H groups in total. The maximum Gasteiger partial charge on any atom is 0.261 e. The van der Waals surface area contributed by atoms with E-state index in [2.05, 4.69) is 15.0 Å². The molecule has 0 saturated carbocycles. The van der Waals surface area contributed by atoms with E-state index in [9.17, 15) is 9.90 Å². The van der Waals surface area contributed by atoms with Gasteiger partial charge >= 0.3 is 0 Å². The predicted molar refractivity (Wildman–Crippen MR) is 99.9 cm³/mol. The van der Waals surface area contributed by atoms with Gasteiger partial charge in [0.25, 0.3) is 5.56 Å². The molecule has 0 bridgehead atoms. The lowest BCUT2D eigenvalue weighted by atomic mass is 10.1. The summed E-state index contributed by atoms with van der Waals surface area (Å²) in [6, 6.07) is 5.08. The van der Waals surface area contributed by atoms with E-state index < -0.39 is 0 Å². The molecule has 4 heterocycles. The molecule has 1 atom stereocenters. The maximum absolute atomic E-state index is 13.0. The maximum atomic E-state index is 13.0. The summed E-state index contributed by atoms with van der Waals surface area (Å²) < 4.78 is 1.44. The highest BCUT2D eigenvalue weighted by Gasteiger charge is 2.17. The lowest BCUT2D eigenvalue weighted by molar-refractivity contribution is 0.236. The number of rotatable bonds is 4. The fourth-order valence-corrected chi connectivity index (χ4v) is 3.30. The first kappa shape index (κ1) is 16.5. The number of pyridine rings is 2. The Labute approximate surface area is 152 Å². The fraction of sp³-hybridized carbons (Fsp3) is 0.167. The van der Waals surface area contributed by atoms with Crippen molar-refractivity contribution in [3.8, 4) is 21.8 Å². The molecule has 0 amide bonds. The van der Waals surface area contributed by atoms with Crippen molar-refractivity contribution in [1.29, 1.82) is 0 Å². The number of hydrogen-bond acceptors (Lipinski definition) is 7. The van der Waals surface area contributed by atoms with E-state index in [-0.39, 0.29) is 18.2 Å². The van der Waals surface area contributed by atoms with Crippen LogP contribution < -0.4 is 5.56 Å². The van der Waals surface area contributed by atoms with Gasteiger partial charge in [-0.2, -0.15) is 0 Å². The molecule has 0 saturated heterocycles. The van der Waals surface area contributed by atoms with Crippen molar-refractivity contribution in [1.82, 2.24) is 24.5 Å². The van der Waals surface area contributed by atoms with Crippen LogP contribution in [0.15, 0.2) is 53.4 Å². The summed E-state index contributed by atoms with van der Waals surface area (Å²) >= 11 is 1.45. The van der Waals surface area contributed by atoms with Crippen molar-refractivity contribution in [2.24, 2.45) is 0 Å². The number of hydrogen-bond donors (Lipinski definition) is 1. The highest BCUT2D eigenvalue weighted by Crippen LogP contribution is 2.29. The molecule has 7 nitrogen and oxygen atoms in total. The molecule has 8 heteroatoms. The Morgan fingerprint density at radius 2 is 2.19 bits per heavy atom. The summed E-state index contributed by atoms with van der Waals surface area (Å²) in [5, 5.41) is 9.86. The summed E-state index contributed by atoms with van der Waals surface area (Å²) in [5.74, 6) is 0. The quantitative estimate of drug-likeness (QED) is 0.597. The summed E-state index contributed by atoms with van der Waals surface area (Å²) in [5.41, 5.74) is 4.06. The standard InChI is InChI=1S/C18H15N5O2S/c1-11(8-24)23-9-21-17-13(18(23)25)5-14(15-7-20-10-26-15)22-16(17)12-3-2-4-19-6-12/h2-7,9-11,24H,8H2,1H3. The van der Waals surface area contributed by atoms with E-state index in [1.807, 2.05) is 12.1 Å². The van der Waals surface area contributed by atoms with Gasteiger partial charge in [-0.3, -0.25) is 19.3 Å². The molecular formula is C18H15N5O2S. The van der Waals surface area contributed by atoms with Crippen molar-refractivity contribution in [2.75, 3.05) is 6.61 Å². The van der Waals surface area contributed by atoms with Gasteiger partial charge in [0, 0.05) is 24.2 Å². The molecule has 4 aromatic heterocycles. The molecule has 0 radical (unpaired) electrons. The number of thiazole rings is 1. The Morgan fingerprint density at radius 1 is 1.31 bits per heavy atom. The molecule has 4 aromatic rings. The Morgan fingerprint density at radius 3 is 2.88 bits per heavy atom. The SMILES string of the molecule is CC(CO)n1cnc2c(-c3cccnc3)nc(-c3cncs3)cc2c1=O. The zero-order valence-corrected chi connectivity index (χ0v) is 14.7. The van der Waals surface area contributed by atoms with Crippen LogP contribution in [-0.2, 0) is 0 Å². The molecular weight excluding hydrogens is 350 g/mol. The lowest BCUT2D eigenvalue weighted by Gasteiger charge is -2.14. The second kappa shape index (κ2) is 6.74. The third kappa shape index (κ3) is 2.79. The summed E-state index contributed by atoms with van der Waals surface area (Å²) in [6.07, 6.45) is 6.56. The Kier molecular flexibility index (Phi) is 4.27. The van der Waals surface area contributed by atoms with Crippen LogP contribution in [-0.4, -0.2) is 36.2 Å². The Hall–Kier alpha value is -2.97. The Bertz CT molecular complexity index is 1110. The van der Waals surface area contributed by atoms with Crippen molar-refractivity contribution in [3.63, 3.8) is 0 Å². The smallest absolute Gasteiger partial charge is 0.261 e. The van der Waals surface area contributed by atoms with Crippen molar-refractivity contribution >= 4 is 22.2 Å². The molecule has 0 spiro atoms. The normalized spacial score (nSPS) is 12.4. The molecule has 0 aliphatic carbocycles. The zero-order chi connectivity index (χ0) is 18.1. The number of aliphatic hydroxyl groups excluding tert-OH is 1. The third-order valence-electron chi connectivity index (χ3n) is 4.13. The van der Waals surface area contributed by atoms with Crippen LogP contribution in [0.1, 0.15) is 13.0 Å². The first-order valence-electron chi connectivity index (χ1n) is 8.01. The third-order valence-corrected chi connectivity index (χ3v) is 4.92. The van der Waals surface area contributed by atoms with Crippen LogP contribution in [0, 0.1) is 0 Å². The van der Waals surface area contributed by atoms with E-state index in [1.54, 1.807) is 37.1 Å². The number of nitrogens with zero attached hydrogens (tertiary/aromatic N) is 5. The molecule has 1 unspecified atom stereocenters. The summed E-state index contributed by atoms with van der Waals surface area (Å²) in [7, 11) is 0. The molecule has 26 heavy (non-hydrogen) atoms. The first-order valence-corrected chi connectivity index (χ1v) is 8.89. The van der Waals surface area contributed by atoms with Gasteiger partial charge in [-0.25, -0.2) is 9.97 Å². The Balaban J connectivity index is 2.06. The average molecular weight is 365 g/mol. The molecule has 0 aromatic carbocycles. The molecule has 0 fully saturated rings. The molecule has 0 aliphatic rings. The minimum absolute atomic E-state index is 0.144. The van der Waals surface area contributed by atoms with Gasteiger partial charge in [-0.05, 0) is 25.1 Å². The number of aliphatic hydroxyl groups is 1. The topological polar surface area (TPSA) is 93.8 Å². The minimum atomic E-state index is -0.360. The van der Waals surface area contributed by atoms with E-state index >= 15 is 0 Å². The van der Waals surface area contributed by atoms with Crippen LogP contribution in [0.2, 0.25) is 0 Å².